The Hall–Kier alpha value is -1.35. The fourth-order valence-electron chi connectivity index (χ4n) is 0.508. The van der Waals surface area contributed by atoms with Gasteiger partial charge in [0, 0.05) is 7.11 Å². The van der Waals surface area contributed by atoms with E-state index in [1.165, 1.54) is 7.11 Å². The molecule has 1 aromatic carbocycles. The van der Waals surface area contributed by atoms with Crippen LogP contribution < -0.4 is 0 Å². The van der Waals surface area contributed by atoms with Crippen molar-refractivity contribution in [1.82, 2.24) is 0 Å². The van der Waals surface area contributed by atoms with Gasteiger partial charge in [0.15, 0.2) is 0 Å². The van der Waals surface area contributed by atoms with E-state index in [0.29, 0.717) is 0 Å². The molecular weight excluding hydrogens is 156 g/mol. The molecule has 66 valence electrons. The maximum absolute atomic E-state index is 9.47. The zero-order valence-electron chi connectivity index (χ0n) is 6.93. The highest BCUT2D eigenvalue weighted by Crippen LogP contribution is 1.79. The summed E-state index contributed by atoms with van der Waals surface area (Å²) in [7, 11) is 1.34. The fraction of sp³-hybridized carbons (Fsp3) is 0.222. The Morgan fingerprint density at radius 1 is 1.17 bits per heavy atom. The summed E-state index contributed by atoms with van der Waals surface area (Å²) in [5.41, 5.74) is 0. The summed E-state index contributed by atoms with van der Waals surface area (Å²) in [6, 6.07) is 12.0. The van der Waals surface area contributed by atoms with Crippen molar-refractivity contribution in [3.8, 4) is 0 Å². The second-order valence-corrected chi connectivity index (χ2v) is 1.98. The second-order valence-electron chi connectivity index (χ2n) is 1.98. The molecule has 1 rings (SSSR count). The standard InChI is InChI=1S/C6H6.C3H6O3/c1-2-4-6-5-3-1;1-6-2-3(4)5/h1-6H;2H2,1H3,(H,4,5). The second kappa shape index (κ2) is 7.75. The van der Waals surface area contributed by atoms with Gasteiger partial charge in [-0.15, -0.1) is 0 Å². The third kappa shape index (κ3) is 8.65. The molecule has 1 aromatic rings. The lowest BCUT2D eigenvalue weighted by Crippen LogP contribution is -2.02. The summed E-state index contributed by atoms with van der Waals surface area (Å²) in [6.45, 7) is -0.208. The summed E-state index contributed by atoms with van der Waals surface area (Å²) < 4.78 is 4.20. The van der Waals surface area contributed by atoms with E-state index in [4.69, 9.17) is 5.11 Å². The zero-order chi connectivity index (χ0) is 9.23. The van der Waals surface area contributed by atoms with Crippen LogP contribution in [0.2, 0.25) is 0 Å². The minimum absolute atomic E-state index is 0.208. The van der Waals surface area contributed by atoms with Crippen molar-refractivity contribution >= 4 is 5.97 Å². The summed E-state index contributed by atoms with van der Waals surface area (Å²) in [5.74, 6) is -0.933. The predicted octanol–water partition coefficient (Wildman–Crippen LogP) is 1.40. The number of carbonyl (C=O) groups is 1. The first kappa shape index (κ1) is 10.7. The molecule has 0 atom stereocenters. The van der Waals surface area contributed by atoms with Gasteiger partial charge >= 0.3 is 5.97 Å². The van der Waals surface area contributed by atoms with Gasteiger partial charge < -0.3 is 9.84 Å². The third-order valence-electron chi connectivity index (χ3n) is 0.934. The van der Waals surface area contributed by atoms with Crippen LogP contribution in [0.1, 0.15) is 0 Å². The van der Waals surface area contributed by atoms with E-state index in [1.54, 1.807) is 0 Å². The smallest absolute Gasteiger partial charge is 0.329 e. The van der Waals surface area contributed by atoms with E-state index < -0.39 is 5.97 Å². The van der Waals surface area contributed by atoms with Crippen LogP contribution in [0.25, 0.3) is 0 Å². The van der Waals surface area contributed by atoms with E-state index in [-0.39, 0.29) is 6.61 Å². The quantitative estimate of drug-likeness (QED) is 0.726. The lowest BCUT2D eigenvalue weighted by atomic mass is 10.4. The Balaban J connectivity index is 0.000000202. The van der Waals surface area contributed by atoms with Gasteiger partial charge in [-0.25, -0.2) is 4.79 Å². The molecule has 0 fully saturated rings. The third-order valence-corrected chi connectivity index (χ3v) is 0.934. The molecule has 0 bridgehead atoms. The van der Waals surface area contributed by atoms with Crippen LogP contribution in [0.5, 0.6) is 0 Å². The van der Waals surface area contributed by atoms with E-state index in [9.17, 15) is 4.79 Å². The summed E-state index contributed by atoms with van der Waals surface area (Å²) >= 11 is 0. The van der Waals surface area contributed by atoms with Crippen LogP contribution in [-0.2, 0) is 9.53 Å². The Labute approximate surface area is 71.6 Å². The maximum Gasteiger partial charge on any atom is 0.329 e. The molecule has 0 aromatic heterocycles. The first-order chi connectivity index (χ1) is 5.77. The van der Waals surface area contributed by atoms with E-state index in [1.807, 2.05) is 36.4 Å². The highest BCUT2D eigenvalue weighted by Gasteiger charge is 1.87. The number of carboxylic acid groups (broad SMARTS) is 1. The molecule has 0 aliphatic carbocycles. The Morgan fingerprint density at radius 3 is 1.58 bits per heavy atom. The molecule has 0 saturated carbocycles. The molecule has 1 N–H and O–H groups in total. The lowest BCUT2D eigenvalue weighted by molar-refractivity contribution is -0.141. The molecule has 0 unspecified atom stereocenters. The number of aliphatic carboxylic acids is 1. The predicted molar refractivity (Wildman–Crippen MR) is 46.0 cm³/mol. The molecule has 12 heavy (non-hydrogen) atoms. The largest absolute Gasteiger partial charge is 0.480 e. The average molecular weight is 168 g/mol. The topological polar surface area (TPSA) is 46.5 Å². The molecule has 3 nitrogen and oxygen atoms in total. The normalized spacial score (nSPS) is 8.08. The maximum atomic E-state index is 9.47. The molecule has 0 aliphatic heterocycles. The number of rotatable bonds is 2. The van der Waals surface area contributed by atoms with Gasteiger partial charge in [-0.05, 0) is 0 Å². The summed E-state index contributed by atoms with van der Waals surface area (Å²) in [5, 5.41) is 7.79. The minimum atomic E-state index is -0.933. The van der Waals surface area contributed by atoms with Crippen molar-refractivity contribution in [2.45, 2.75) is 0 Å². The van der Waals surface area contributed by atoms with Crippen molar-refractivity contribution in [3.05, 3.63) is 36.4 Å². The van der Waals surface area contributed by atoms with Gasteiger partial charge in [-0.2, -0.15) is 0 Å². The first-order valence-electron chi connectivity index (χ1n) is 3.48. The lowest BCUT2D eigenvalue weighted by Gasteiger charge is -1.83. The van der Waals surface area contributed by atoms with Gasteiger partial charge in [0.05, 0.1) is 0 Å². The zero-order valence-corrected chi connectivity index (χ0v) is 6.93. The fourth-order valence-corrected chi connectivity index (χ4v) is 0.508. The molecule has 0 amide bonds. The Kier molecular flexibility index (Phi) is 6.88. The number of methoxy groups -OCH3 is 1. The van der Waals surface area contributed by atoms with Crippen LogP contribution >= 0.6 is 0 Å². The molecule has 0 spiro atoms. The van der Waals surface area contributed by atoms with Crippen molar-refractivity contribution in [2.24, 2.45) is 0 Å². The molecule has 0 heterocycles. The minimum Gasteiger partial charge on any atom is -0.480 e. The van der Waals surface area contributed by atoms with Crippen molar-refractivity contribution in [1.29, 1.82) is 0 Å². The first-order valence-corrected chi connectivity index (χ1v) is 3.48. The Morgan fingerprint density at radius 2 is 1.50 bits per heavy atom. The van der Waals surface area contributed by atoms with Gasteiger partial charge in [-0.1, -0.05) is 36.4 Å². The van der Waals surface area contributed by atoms with Crippen LogP contribution in [0, 0.1) is 0 Å². The van der Waals surface area contributed by atoms with E-state index >= 15 is 0 Å². The van der Waals surface area contributed by atoms with Gasteiger partial charge in [0.25, 0.3) is 0 Å². The number of carboxylic acids is 1. The van der Waals surface area contributed by atoms with Gasteiger partial charge in [0.1, 0.15) is 6.61 Å². The number of hydrogen-bond acceptors (Lipinski definition) is 2. The van der Waals surface area contributed by atoms with Crippen LogP contribution in [0.3, 0.4) is 0 Å². The molecule has 0 radical (unpaired) electrons. The van der Waals surface area contributed by atoms with Crippen LogP contribution in [0.4, 0.5) is 0 Å². The van der Waals surface area contributed by atoms with Crippen molar-refractivity contribution in [2.75, 3.05) is 13.7 Å². The summed E-state index contributed by atoms with van der Waals surface area (Å²) in [6.07, 6.45) is 0. The van der Waals surface area contributed by atoms with E-state index in [0.717, 1.165) is 0 Å². The van der Waals surface area contributed by atoms with Crippen LogP contribution in [0.15, 0.2) is 36.4 Å². The monoisotopic (exact) mass is 168 g/mol. The summed E-state index contributed by atoms with van der Waals surface area (Å²) in [4.78, 5) is 9.47. The highest BCUT2D eigenvalue weighted by atomic mass is 16.5. The van der Waals surface area contributed by atoms with Crippen molar-refractivity contribution in [3.63, 3.8) is 0 Å². The van der Waals surface area contributed by atoms with E-state index in [2.05, 4.69) is 4.74 Å². The Bertz CT molecular complexity index is 169. The molecule has 0 aliphatic rings. The van der Waals surface area contributed by atoms with Crippen molar-refractivity contribution < 1.29 is 14.6 Å². The number of ether oxygens (including phenoxy) is 1. The van der Waals surface area contributed by atoms with Gasteiger partial charge in [0.2, 0.25) is 0 Å². The number of hydrogen-bond donors (Lipinski definition) is 1. The molecule has 3 heteroatoms. The average Bonchev–Trinajstić information content (AvgIpc) is 2.08. The molecular formula is C9H12O3. The molecule has 0 saturated heterocycles. The highest BCUT2D eigenvalue weighted by molar-refractivity contribution is 5.67. The van der Waals surface area contributed by atoms with Crippen LogP contribution in [-0.4, -0.2) is 24.8 Å². The van der Waals surface area contributed by atoms with Gasteiger partial charge in [-0.3, -0.25) is 0 Å². The SMILES string of the molecule is COCC(=O)O.c1ccccc1. The number of benzene rings is 1.